The average Bonchev–Trinajstić information content (AvgIpc) is 3.87. The fourth-order valence-corrected chi connectivity index (χ4v) is 11.0. The summed E-state index contributed by atoms with van der Waals surface area (Å²) in [6.07, 6.45) is -1.90. The van der Waals surface area contributed by atoms with E-state index in [0.29, 0.717) is 11.5 Å². The van der Waals surface area contributed by atoms with Crippen molar-refractivity contribution in [3.05, 3.63) is 112 Å². The number of carbonyl (C=O) groups is 1. The minimum absolute atomic E-state index is 0.0142. The van der Waals surface area contributed by atoms with Crippen LogP contribution in [0.5, 0.6) is 11.5 Å². The number of hydrogen-bond acceptors (Lipinski definition) is 13. The smallest absolute Gasteiger partial charge is 0.280 e. The summed E-state index contributed by atoms with van der Waals surface area (Å²) in [6, 6.07) is 27.8. The number of rotatable bonds is 21. The van der Waals surface area contributed by atoms with Gasteiger partial charge in [-0.2, -0.15) is 10.2 Å². The Morgan fingerprint density at radius 1 is 0.912 bits per heavy atom. The van der Waals surface area contributed by atoms with E-state index in [9.17, 15) is 14.9 Å². The third kappa shape index (κ3) is 11.4. The van der Waals surface area contributed by atoms with Crippen LogP contribution in [0.1, 0.15) is 91.7 Å². The van der Waals surface area contributed by atoms with E-state index in [0.717, 1.165) is 16.7 Å². The second-order valence-corrected chi connectivity index (χ2v) is 25.4. The maximum atomic E-state index is 13.6. The first-order chi connectivity index (χ1) is 32.3. The van der Waals surface area contributed by atoms with Crippen LogP contribution < -0.4 is 20.3 Å². The lowest BCUT2D eigenvalue weighted by molar-refractivity contribution is -0.118. The van der Waals surface area contributed by atoms with Gasteiger partial charge in [-0.3, -0.25) is 24.5 Å². The Morgan fingerprint density at radius 2 is 1.49 bits per heavy atom. The Hall–Kier alpha value is -5.02. The number of imidazole rings is 1. The molecule has 4 unspecified atom stereocenters. The van der Waals surface area contributed by atoms with Gasteiger partial charge in [0.25, 0.3) is 14.1 Å². The molecule has 1 saturated heterocycles. The van der Waals surface area contributed by atoms with Crippen molar-refractivity contribution in [1.82, 2.24) is 24.2 Å². The molecule has 0 aliphatic carbocycles. The van der Waals surface area contributed by atoms with Crippen LogP contribution in [0.3, 0.4) is 0 Å². The number of anilines is 1. The fourth-order valence-electron chi connectivity index (χ4n) is 7.95. The van der Waals surface area contributed by atoms with Gasteiger partial charge < -0.3 is 32.4 Å². The van der Waals surface area contributed by atoms with Crippen LogP contribution in [0.4, 0.5) is 5.95 Å². The summed E-state index contributed by atoms with van der Waals surface area (Å²) in [5.74, 6) is 0.647. The number of nitrogens with zero attached hydrogens (tertiary/aromatic N) is 5. The summed E-state index contributed by atoms with van der Waals surface area (Å²) < 4.78 is 51.3. The number of H-pyrrole nitrogens is 1. The fraction of sp³-hybridized carbons (Fsp3) is 0.500. The molecule has 0 radical (unpaired) electrons. The van der Waals surface area contributed by atoms with E-state index in [-0.39, 0.29) is 65.7 Å². The molecule has 366 valence electrons. The van der Waals surface area contributed by atoms with Crippen molar-refractivity contribution in [2.75, 3.05) is 32.8 Å². The quantitative estimate of drug-likeness (QED) is 0.0307. The van der Waals surface area contributed by atoms with Crippen LogP contribution in [0.15, 0.2) is 90.0 Å². The number of aromatic nitrogens is 4. The number of benzene rings is 3. The maximum absolute atomic E-state index is 13.6. The largest absolute Gasteiger partial charge is 0.497 e. The highest BCUT2D eigenvalue weighted by Crippen LogP contribution is 2.53. The molecule has 1 fully saturated rings. The highest BCUT2D eigenvalue weighted by atomic mass is 31.2. The van der Waals surface area contributed by atoms with E-state index in [1.807, 2.05) is 78.9 Å². The lowest BCUT2D eigenvalue weighted by Gasteiger charge is -2.42. The van der Waals surface area contributed by atoms with Gasteiger partial charge in [0, 0.05) is 18.0 Å². The van der Waals surface area contributed by atoms with Gasteiger partial charge in [0.05, 0.1) is 46.3 Å². The second-order valence-electron chi connectivity index (χ2n) is 19.2. The minimum atomic E-state index is -2.70. The first-order valence-electron chi connectivity index (χ1n) is 23.1. The van der Waals surface area contributed by atoms with Crippen molar-refractivity contribution < 1.29 is 37.2 Å². The van der Waals surface area contributed by atoms with E-state index in [2.05, 4.69) is 87.6 Å². The van der Waals surface area contributed by atoms with E-state index in [1.54, 1.807) is 32.6 Å². The summed E-state index contributed by atoms with van der Waals surface area (Å²) in [7, 11) is -1.30. The van der Waals surface area contributed by atoms with Gasteiger partial charge in [-0.15, -0.1) is 0 Å². The second kappa shape index (κ2) is 22.2. The number of nitrogens with one attached hydrogen (secondary N) is 2. The molecule has 68 heavy (non-hydrogen) atoms. The van der Waals surface area contributed by atoms with Crippen molar-refractivity contribution in [3.8, 4) is 17.6 Å². The molecule has 5 atom stereocenters. The first kappa shape index (κ1) is 52.4. The molecule has 1 aliphatic heterocycles. The molecule has 2 aromatic heterocycles. The Morgan fingerprint density at radius 3 is 2.00 bits per heavy atom. The average molecular weight is 970 g/mol. The zero-order valence-corrected chi connectivity index (χ0v) is 43.5. The van der Waals surface area contributed by atoms with Crippen LogP contribution in [0.25, 0.3) is 11.2 Å². The van der Waals surface area contributed by atoms with Gasteiger partial charge in [-0.25, -0.2) is 9.65 Å². The number of hydrogen-bond donors (Lipinski definition) is 2. The summed E-state index contributed by atoms with van der Waals surface area (Å²) in [5.41, 5.74) is 0.963. The van der Waals surface area contributed by atoms with Gasteiger partial charge in [0.1, 0.15) is 35.4 Å². The van der Waals surface area contributed by atoms with Crippen LogP contribution >= 0.6 is 8.53 Å². The Labute approximate surface area is 402 Å². The van der Waals surface area contributed by atoms with Gasteiger partial charge in [0.15, 0.2) is 25.7 Å². The van der Waals surface area contributed by atoms with E-state index in [4.69, 9.17) is 37.4 Å². The predicted molar refractivity (Wildman–Crippen MR) is 266 cm³/mol. The molecular weight excluding hydrogens is 902 g/mol. The zero-order valence-electron chi connectivity index (χ0n) is 41.6. The van der Waals surface area contributed by atoms with E-state index < -0.39 is 52.5 Å². The van der Waals surface area contributed by atoms with Crippen molar-refractivity contribution >= 4 is 39.9 Å². The number of methoxy groups -OCH3 is 2. The lowest BCUT2D eigenvalue weighted by atomic mass is 9.80. The van der Waals surface area contributed by atoms with Crippen LogP contribution in [0.2, 0.25) is 18.1 Å². The summed E-state index contributed by atoms with van der Waals surface area (Å²) in [6.45, 7) is 22.7. The van der Waals surface area contributed by atoms with Gasteiger partial charge in [-0.05, 0) is 86.8 Å². The predicted octanol–water partition coefficient (Wildman–Crippen LogP) is 9.69. The molecule has 3 aromatic carbocycles. The Kier molecular flexibility index (Phi) is 17.1. The van der Waals surface area contributed by atoms with Crippen LogP contribution in [0, 0.1) is 17.2 Å². The summed E-state index contributed by atoms with van der Waals surface area (Å²) in [5, 5.41) is 12.1. The number of nitriles is 1. The van der Waals surface area contributed by atoms with Crippen molar-refractivity contribution in [2.24, 2.45) is 5.92 Å². The molecule has 0 spiro atoms. The number of aromatic amines is 1. The third-order valence-electron chi connectivity index (χ3n) is 12.5. The zero-order chi connectivity index (χ0) is 49.6. The Bertz CT molecular complexity index is 2490. The normalized spacial score (nSPS) is 18.4. The molecule has 5 aromatic rings. The van der Waals surface area contributed by atoms with Crippen molar-refractivity contribution in [1.29, 1.82) is 5.26 Å². The highest BCUT2D eigenvalue weighted by molar-refractivity contribution is 7.44. The van der Waals surface area contributed by atoms with Crippen LogP contribution in [-0.2, 0) is 33.3 Å². The standard InChI is InChI=1S/C50H68N7O9PSi/c1-32(2)45(58)54-48-53-44-41(46(59)55-48)52-31-56(44)47-43(66-68(12,13)49(7,8)9)42(65-67(63-29-17-28-51)57(33(3)4)34(5)6)40(64-47)30-62-50(35-18-15-14-16-19-35,36-20-24-38(60-10)25-21-36)37-22-26-39(61-11)27-23-37/h14-16,18-27,31-34,40,42-43,47H,17,29-30H2,1-13H3,(H2,53,54,55,58,59)/t40?,42?,43-,47?,67?/m0/s1. The Balaban J connectivity index is 1.59. The number of carbonyl (C=O) groups excluding carboxylic acids is 1. The molecule has 0 saturated carbocycles. The molecule has 2 N–H and O–H groups in total. The molecule has 6 rings (SSSR count). The third-order valence-corrected chi connectivity index (χ3v) is 19.1. The first-order valence-corrected chi connectivity index (χ1v) is 27.1. The molecule has 3 heterocycles. The van der Waals surface area contributed by atoms with Crippen LogP contribution in [-0.4, -0.2) is 96.2 Å². The highest BCUT2D eigenvalue weighted by Gasteiger charge is 2.54. The number of ether oxygens (including phenoxy) is 4. The SMILES string of the molecule is COc1ccc(C(OCC2OC(n3cnc4c(=O)[nH]c(NC(=O)C(C)C)nc43)[C@@H](O[Si](C)(C)C(C)(C)C)C2OP(OCCC#N)N(C(C)C)C(C)C)(c2ccccc2)c2ccc(OC)cc2)cc1. The molecule has 18 heteroatoms. The van der Waals surface area contributed by atoms with Crippen molar-refractivity contribution in [3.63, 3.8) is 0 Å². The van der Waals surface area contributed by atoms with Gasteiger partial charge >= 0.3 is 0 Å². The summed E-state index contributed by atoms with van der Waals surface area (Å²) >= 11 is 0. The van der Waals surface area contributed by atoms with Gasteiger partial charge in [-0.1, -0.05) is 89.2 Å². The van der Waals surface area contributed by atoms with Gasteiger partial charge in [0.2, 0.25) is 11.9 Å². The number of fused-ring (bicyclic) bond motifs is 1. The molecule has 1 aliphatic rings. The maximum Gasteiger partial charge on any atom is 0.280 e. The summed E-state index contributed by atoms with van der Waals surface area (Å²) in [4.78, 5) is 38.5. The topological polar surface area (TPSA) is 184 Å². The minimum Gasteiger partial charge on any atom is -0.497 e. The van der Waals surface area contributed by atoms with E-state index in [1.165, 1.54) is 6.33 Å². The molecule has 1 amide bonds. The number of amides is 1. The molecule has 16 nitrogen and oxygen atoms in total. The monoisotopic (exact) mass is 969 g/mol. The van der Waals surface area contributed by atoms with Crippen molar-refractivity contribution in [2.45, 2.75) is 129 Å². The molecule has 0 bridgehead atoms. The lowest BCUT2D eigenvalue weighted by Crippen LogP contribution is -2.50. The molecular formula is C50H68N7O9PSi. The van der Waals surface area contributed by atoms with E-state index >= 15 is 0 Å².